The summed E-state index contributed by atoms with van der Waals surface area (Å²) in [5.41, 5.74) is 9.91. The lowest BCUT2D eigenvalue weighted by molar-refractivity contribution is 1.08. The Morgan fingerprint density at radius 1 is 0.333 bits per heavy atom. The van der Waals surface area contributed by atoms with Crippen LogP contribution in [0.15, 0.2) is 188 Å². The van der Waals surface area contributed by atoms with Gasteiger partial charge in [0.2, 0.25) is 0 Å². The minimum absolute atomic E-state index is 0.655. The summed E-state index contributed by atoms with van der Waals surface area (Å²) in [6.45, 7) is 0. The molecule has 4 aromatic heterocycles. The van der Waals surface area contributed by atoms with E-state index >= 15 is 0 Å². The number of thiophene rings is 1. The maximum absolute atomic E-state index is 5.14. The van der Waals surface area contributed by atoms with Gasteiger partial charge in [-0.1, -0.05) is 127 Å². The Hall–Kier alpha value is -7.41. The van der Waals surface area contributed by atoms with Gasteiger partial charge in [0.05, 0.1) is 22.1 Å². The van der Waals surface area contributed by atoms with E-state index < -0.39 is 0 Å². The number of para-hydroxylation sites is 3. The summed E-state index contributed by atoms with van der Waals surface area (Å²) in [6.07, 6.45) is 0. The van der Waals surface area contributed by atoms with Crippen LogP contribution in [0, 0.1) is 0 Å². The Morgan fingerprint density at radius 2 is 0.860 bits per heavy atom. The molecule has 6 heteroatoms. The van der Waals surface area contributed by atoms with Crippen LogP contribution in [0.4, 0.5) is 0 Å². The molecule has 0 aliphatic rings. The summed E-state index contributed by atoms with van der Waals surface area (Å²) in [4.78, 5) is 15.3. The monoisotopic (exact) mass is 745 g/mol. The number of aromatic nitrogens is 5. The number of fused-ring (bicyclic) bond motifs is 9. The maximum atomic E-state index is 5.14. The third-order valence-electron chi connectivity index (χ3n) is 11.2. The van der Waals surface area contributed by atoms with Crippen molar-refractivity contribution in [3.63, 3.8) is 0 Å². The molecule has 0 saturated carbocycles. The van der Waals surface area contributed by atoms with Crippen molar-refractivity contribution in [2.45, 2.75) is 0 Å². The molecule has 12 rings (SSSR count). The summed E-state index contributed by atoms with van der Waals surface area (Å²) in [7, 11) is 0. The van der Waals surface area contributed by atoms with Crippen molar-refractivity contribution in [3.8, 4) is 45.5 Å². The number of hydrogen-bond donors (Lipinski definition) is 0. The third-order valence-corrected chi connectivity index (χ3v) is 12.3. The fraction of sp³-hybridized carbons (Fsp3) is 0. The fourth-order valence-electron chi connectivity index (χ4n) is 8.63. The molecule has 0 fully saturated rings. The van der Waals surface area contributed by atoms with E-state index in [4.69, 9.17) is 15.0 Å². The first-order valence-electron chi connectivity index (χ1n) is 19.1. The highest BCUT2D eigenvalue weighted by Crippen LogP contribution is 2.43. The Kier molecular flexibility index (Phi) is 7.03. The SMILES string of the molecule is c1ccc(-c2nc(-c3ccccc3)nc(-c3cccc4sc5ccc(-n6c7ccccc7c7cc8c(cc76)c6ccccc6n8-c6ccccc6)cc5c34)n2)cc1. The van der Waals surface area contributed by atoms with Gasteiger partial charge >= 0.3 is 0 Å². The molecule has 12 aromatic rings. The summed E-state index contributed by atoms with van der Waals surface area (Å²) < 4.78 is 7.25. The van der Waals surface area contributed by atoms with Gasteiger partial charge in [0.1, 0.15) is 0 Å². The molecule has 5 nitrogen and oxygen atoms in total. The zero-order valence-electron chi connectivity index (χ0n) is 30.5. The molecule has 0 N–H and O–H groups in total. The lowest BCUT2D eigenvalue weighted by Crippen LogP contribution is -2.00. The predicted molar refractivity (Wildman–Crippen MR) is 238 cm³/mol. The van der Waals surface area contributed by atoms with Crippen LogP contribution in [0.3, 0.4) is 0 Å². The van der Waals surface area contributed by atoms with Gasteiger partial charge in [-0.3, -0.25) is 0 Å². The topological polar surface area (TPSA) is 48.5 Å². The highest BCUT2D eigenvalue weighted by Gasteiger charge is 2.21. The smallest absolute Gasteiger partial charge is 0.164 e. The van der Waals surface area contributed by atoms with E-state index in [9.17, 15) is 0 Å². The molecular weight excluding hydrogens is 715 g/mol. The molecule has 0 radical (unpaired) electrons. The molecule has 0 aliphatic heterocycles. The largest absolute Gasteiger partial charge is 0.309 e. The molecule has 0 atom stereocenters. The minimum atomic E-state index is 0.655. The normalized spacial score (nSPS) is 11.9. The van der Waals surface area contributed by atoms with Gasteiger partial charge < -0.3 is 9.13 Å². The second-order valence-corrected chi connectivity index (χ2v) is 15.5. The first-order chi connectivity index (χ1) is 28.3. The van der Waals surface area contributed by atoms with Crippen LogP contribution in [-0.4, -0.2) is 24.1 Å². The van der Waals surface area contributed by atoms with E-state index in [1.807, 2.05) is 36.4 Å². The summed E-state index contributed by atoms with van der Waals surface area (Å²) >= 11 is 1.81. The highest BCUT2D eigenvalue weighted by molar-refractivity contribution is 7.26. The zero-order valence-corrected chi connectivity index (χ0v) is 31.4. The van der Waals surface area contributed by atoms with Gasteiger partial charge in [-0.15, -0.1) is 11.3 Å². The highest BCUT2D eigenvalue weighted by atomic mass is 32.1. The van der Waals surface area contributed by atoms with Gasteiger partial charge in [-0.05, 0) is 60.7 Å². The molecule has 0 spiro atoms. The molecule has 4 heterocycles. The van der Waals surface area contributed by atoms with Crippen LogP contribution in [0.2, 0.25) is 0 Å². The first-order valence-corrected chi connectivity index (χ1v) is 19.9. The predicted octanol–water partition coefficient (Wildman–Crippen LogP) is 13.4. The Morgan fingerprint density at radius 3 is 1.47 bits per heavy atom. The Balaban J connectivity index is 1.11. The van der Waals surface area contributed by atoms with Crippen molar-refractivity contribution in [3.05, 3.63) is 188 Å². The van der Waals surface area contributed by atoms with Crippen molar-refractivity contribution in [2.75, 3.05) is 0 Å². The van der Waals surface area contributed by atoms with E-state index in [2.05, 4.69) is 161 Å². The van der Waals surface area contributed by atoms with Gasteiger partial charge in [-0.2, -0.15) is 0 Å². The lowest BCUT2D eigenvalue weighted by atomic mass is 10.0. The molecule has 0 amide bonds. The minimum Gasteiger partial charge on any atom is -0.309 e. The van der Waals surface area contributed by atoms with Crippen LogP contribution in [0.1, 0.15) is 0 Å². The number of rotatable bonds is 5. The van der Waals surface area contributed by atoms with Crippen LogP contribution in [0.25, 0.3) is 109 Å². The van der Waals surface area contributed by atoms with Crippen LogP contribution >= 0.6 is 11.3 Å². The molecule has 0 bridgehead atoms. The average Bonchev–Trinajstić information content (AvgIpc) is 3.93. The van der Waals surface area contributed by atoms with Crippen molar-refractivity contribution < 1.29 is 0 Å². The van der Waals surface area contributed by atoms with Gasteiger partial charge in [0.15, 0.2) is 17.5 Å². The Labute approximate surface area is 331 Å². The second kappa shape index (κ2) is 12.6. The number of nitrogens with zero attached hydrogens (tertiary/aromatic N) is 5. The summed E-state index contributed by atoms with van der Waals surface area (Å²) in [5, 5.41) is 7.24. The molecule has 266 valence electrons. The summed E-state index contributed by atoms with van der Waals surface area (Å²) in [6, 6.07) is 66.7. The lowest BCUT2D eigenvalue weighted by Gasteiger charge is -2.11. The van der Waals surface area contributed by atoms with Crippen molar-refractivity contribution in [2.24, 2.45) is 0 Å². The Bertz CT molecular complexity index is 3450. The zero-order chi connectivity index (χ0) is 37.5. The van der Waals surface area contributed by atoms with E-state index in [0.717, 1.165) is 33.5 Å². The fourth-order valence-corrected chi connectivity index (χ4v) is 9.75. The molecule has 0 saturated heterocycles. The second-order valence-electron chi connectivity index (χ2n) is 14.4. The first kappa shape index (κ1) is 31.9. The number of hydrogen-bond acceptors (Lipinski definition) is 4. The van der Waals surface area contributed by atoms with Crippen LogP contribution in [-0.2, 0) is 0 Å². The number of benzene rings is 8. The molecule has 57 heavy (non-hydrogen) atoms. The van der Waals surface area contributed by atoms with Crippen LogP contribution < -0.4 is 0 Å². The van der Waals surface area contributed by atoms with Crippen LogP contribution in [0.5, 0.6) is 0 Å². The van der Waals surface area contributed by atoms with Gasteiger partial charge in [-0.25, -0.2) is 15.0 Å². The van der Waals surface area contributed by atoms with Crippen molar-refractivity contribution >= 4 is 75.1 Å². The molecule has 0 unspecified atom stereocenters. The van der Waals surface area contributed by atoms with Crippen molar-refractivity contribution in [1.29, 1.82) is 0 Å². The van der Waals surface area contributed by atoms with E-state index in [1.165, 1.54) is 58.4 Å². The summed E-state index contributed by atoms with van der Waals surface area (Å²) in [5.74, 6) is 1.97. The van der Waals surface area contributed by atoms with E-state index in [0.29, 0.717) is 17.5 Å². The molecule has 8 aromatic carbocycles. The van der Waals surface area contributed by atoms with E-state index in [1.54, 1.807) is 11.3 Å². The van der Waals surface area contributed by atoms with Gasteiger partial charge in [0.25, 0.3) is 0 Å². The van der Waals surface area contributed by atoms with E-state index in [-0.39, 0.29) is 0 Å². The van der Waals surface area contributed by atoms with Gasteiger partial charge in [0, 0.05) is 69.8 Å². The quantitative estimate of drug-likeness (QED) is 0.176. The molecule has 0 aliphatic carbocycles. The average molecular weight is 746 g/mol. The standard InChI is InChI=1S/C51H31N5S/c1-4-15-32(16-5-1)49-52-50(33-17-6-2-7-18-33)54-51(53-49)38-23-14-26-47-48(38)41-29-35(27-28-46(41)57-47)56-43-25-13-11-22-37(43)40-30-44-39(31-45(40)56)36-21-10-12-24-42(36)55(44)34-19-8-3-9-20-34/h1-31H. The molecular formula is C51H31N5S. The third kappa shape index (κ3) is 4.98. The van der Waals surface area contributed by atoms with Crippen molar-refractivity contribution in [1.82, 2.24) is 24.1 Å². The maximum Gasteiger partial charge on any atom is 0.164 e.